The lowest BCUT2D eigenvalue weighted by Gasteiger charge is -2.19. The predicted molar refractivity (Wildman–Crippen MR) is 85.1 cm³/mol. The molecule has 0 aliphatic heterocycles. The number of nitrogens with one attached hydrogen (secondary N) is 1. The zero-order valence-electron chi connectivity index (χ0n) is 9.63. The minimum absolute atomic E-state index is 0.305. The normalized spacial score (nSPS) is 12.5. The molecule has 0 aromatic heterocycles. The molecule has 2 nitrogen and oxygen atoms in total. The Hall–Kier alpha value is -0.270. The number of nitrogens with two attached hydrogens (primary N) is 1. The lowest BCUT2D eigenvalue weighted by Crippen LogP contribution is -2.29. The molecule has 3 N–H and O–H groups in total. The van der Waals surface area contributed by atoms with Gasteiger partial charge in [-0.15, -0.1) is 0 Å². The van der Waals surface area contributed by atoms with Gasteiger partial charge in [-0.3, -0.25) is 5.84 Å². The Balaban J connectivity index is 2.52. The van der Waals surface area contributed by atoms with Crippen LogP contribution in [0.3, 0.4) is 0 Å². The maximum Gasteiger partial charge on any atom is 0.128 e. The molecule has 0 saturated carbocycles. The lowest BCUT2D eigenvalue weighted by atomic mass is 9.99. The molecule has 1 atom stereocenters. The molecule has 2 aromatic rings. The summed E-state index contributed by atoms with van der Waals surface area (Å²) in [7, 11) is 0. The number of halogens is 4. The maximum absolute atomic E-state index is 14.0. The van der Waals surface area contributed by atoms with Crippen molar-refractivity contribution < 1.29 is 4.39 Å². The summed E-state index contributed by atoms with van der Waals surface area (Å²) >= 11 is 10.2. The molecule has 0 aliphatic carbocycles. The molecular weight excluding hydrogens is 443 g/mol. The Morgan fingerprint density at radius 1 is 0.947 bits per heavy atom. The summed E-state index contributed by atoms with van der Waals surface area (Å²) in [6.07, 6.45) is 0. The van der Waals surface area contributed by atoms with Crippen molar-refractivity contribution in [2.45, 2.75) is 6.04 Å². The van der Waals surface area contributed by atoms with Gasteiger partial charge in [-0.2, -0.15) is 0 Å². The van der Waals surface area contributed by atoms with Crippen LogP contribution < -0.4 is 11.3 Å². The molecule has 1 unspecified atom stereocenters. The lowest BCUT2D eigenvalue weighted by molar-refractivity contribution is 0.558. The molecular formula is C13H10Br3FN2. The molecule has 2 aromatic carbocycles. The van der Waals surface area contributed by atoms with Gasteiger partial charge in [-0.05, 0) is 35.9 Å². The van der Waals surface area contributed by atoms with E-state index in [-0.39, 0.29) is 5.82 Å². The van der Waals surface area contributed by atoms with E-state index in [2.05, 4.69) is 53.2 Å². The first-order chi connectivity index (χ1) is 9.02. The highest BCUT2D eigenvalue weighted by atomic mass is 79.9. The first kappa shape index (κ1) is 15.1. The van der Waals surface area contributed by atoms with E-state index in [1.54, 1.807) is 12.1 Å². The van der Waals surface area contributed by atoms with Gasteiger partial charge in [0.1, 0.15) is 5.82 Å². The van der Waals surface area contributed by atoms with Gasteiger partial charge in [0.15, 0.2) is 0 Å². The van der Waals surface area contributed by atoms with Crippen LogP contribution in [0.4, 0.5) is 4.39 Å². The van der Waals surface area contributed by atoms with E-state index in [9.17, 15) is 4.39 Å². The van der Waals surface area contributed by atoms with Gasteiger partial charge >= 0.3 is 0 Å². The van der Waals surface area contributed by atoms with Crippen LogP contribution in [0.1, 0.15) is 17.2 Å². The molecule has 6 heteroatoms. The summed E-state index contributed by atoms with van der Waals surface area (Å²) in [5.74, 6) is 5.29. The fourth-order valence-electron chi connectivity index (χ4n) is 1.82. The summed E-state index contributed by atoms with van der Waals surface area (Å²) in [5, 5.41) is 0. The molecule has 0 saturated heterocycles. The zero-order chi connectivity index (χ0) is 14.0. The minimum Gasteiger partial charge on any atom is -0.271 e. The van der Waals surface area contributed by atoms with E-state index in [0.29, 0.717) is 5.56 Å². The molecule has 100 valence electrons. The molecule has 0 bridgehead atoms. The van der Waals surface area contributed by atoms with Crippen LogP contribution in [0.2, 0.25) is 0 Å². The molecule has 0 amide bonds. The number of benzene rings is 2. The molecule has 0 radical (unpaired) electrons. The Morgan fingerprint density at radius 3 is 2.21 bits per heavy atom. The van der Waals surface area contributed by atoms with Gasteiger partial charge in [-0.1, -0.05) is 53.9 Å². The quantitative estimate of drug-likeness (QED) is 0.525. The second kappa shape index (κ2) is 6.45. The molecule has 0 aliphatic rings. The fourth-order valence-corrected chi connectivity index (χ4v) is 3.47. The largest absolute Gasteiger partial charge is 0.271 e. The van der Waals surface area contributed by atoms with Gasteiger partial charge in [-0.25, -0.2) is 9.82 Å². The summed E-state index contributed by atoms with van der Waals surface area (Å²) < 4.78 is 16.6. The molecule has 0 spiro atoms. The van der Waals surface area contributed by atoms with Crippen molar-refractivity contribution in [1.29, 1.82) is 0 Å². The summed E-state index contributed by atoms with van der Waals surface area (Å²) in [6, 6.07) is 10.0. The smallest absolute Gasteiger partial charge is 0.128 e. The van der Waals surface area contributed by atoms with E-state index in [1.165, 1.54) is 6.07 Å². The van der Waals surface area contributed by atoms with Gasteiger partial charge in [0.25, 0.3) is 0 Å². The van der Waals surface area contributed by atoms with Crippen LogP contribution in [-0.4, -0.2) is 0 Å². The van der Waals surface area contributed by atoms with Gasteiger partial charge in [0, 0.05) is 19.0 Å². The number of hydrazine groups is 1. The molecule has 0 heterocycles. The highest BCUT2D eigenvalue weighted by Crippen LogP contribution is 2.32. The average Bonchev–Trinajstić information content (AvgIpc) is 2.36. The van der Waals surface area contributed by atoms with E-state index in [0.717, 1.165) is 19.0 Å². The second-order valence-electron chi connectivity index (χ2n) is 3.93. The number of hydrogen-bond acceptors (Lipinski definition) is 2. The fraction of sp³-hybridized carbons (Fsp3) is 0.0769. The Morgan fingerprint density at radius 2 is 1.58 bits per heavy atom. The third-order valence-corrected chi connectivity index (χ3v) is 4.38. The monoisotopic (exact) mass is 450 g/mol. The SMILES string of the molecule is NNC(c1cc(Br)ccc1F)c1ccc(Br)cc1Br. The average molecular weight is 453 g/mol. The summed E-state index contributed by atoms with van der Waals surface area (Å²) in [6.45, 7) is 0. The molecule has 0 fully saturated rings. The van der Waals surface area contributed by atoms with Crippen LogP contribution in [0.5, 0.6) is 0 Å². The van der Waals surface area contributed by atoms with Crippen LogP contribution in [0, 0.1) is 5.82 Å². The van der Waals surface area contributed by atoms with Crippen molar-refractivity contribution in [3.8, 4) is 0 Å². The van der Waals surface area contributed by atoms with Crippen molar-refractivity contribution in [3.63, 3.8) is 0 Å². The van der Waals surface area contributed by atoms with Crippen LogP contribution in [0.15, 0.2) is 49.8 Å². The van der Waals surface area contributed by atoms with Crippen molar-refractivity contribution in [2.24, 2.45) is 5.84 Å². The number of rotatable bonds is 3. The third-order valence-electron chi connectivity index (χ3n) is 2.71. The van der Waals surface area contributed by atoms with Crippen molar-refractivity contribution in [2.75, 3.05) is 0 Å². The van der Waals surface area contributed by atoms with Gasteiger partial charge in [0.05, 0.1) is 6.04 Å². The standard InChI is InChI=1S/C13H10Br3FN2/c14-7-2-4-12(17)10(5-7)13(19-18)9-3-1-8(15)6-11(9)16/h1-6,13,19H,18H2. The van der Waals surface area contributed by atoms with Crippen LogP contribution in [0.25, 0.3) is 0 Å². The van der Waals surface area contributed by atoms with Gasteiger partial charge < -0.3 is 0 Å². The highest BCUT2D eigenvalue weighted by Gasteiger charge is 2.19. The zero-order valence-corrected chi connectivity index (χ0v) is 14.4. The van der Waals surface area contributed by atoms with E-state index < -0.39 is 6.04 Å². The predicted octanol–water partition coefficient (Wildman–Crippen LogP) is 4.67. The second-order valence-corrected chi connectivity index (χ2v) is 6.62. The summed E-state index contributed by atoms with van der Waals surface area (Å²) in [4.78, 5) is 0. The maximum atomic E-state index is 14.0. The highest BCUT2D eigenvalue weighted by molar-refractivity contribution is 9.11. The summed E-state index contributed by atoms with van der Waals surface area (Å²) in [5.41, 5.74) is 4.01. The third kappa shape index (κ3) is 3.44. The van der Waals surface area contributed by atoms with E-state index in [1.807, 2.05) is 18.2 Å². The Kier molecular flexibility index (Phi) is 5.14. The Labute approximate surface area is 135 Å². The molecule has 2 rings (SSSR count). The van der Waals surface area contributed by atoms with Gasteiger partial charge in [0.2, 0.25) is 0 Å². The topological polar surface area (TPSA) is 38.0 Å². The van der Waals surface area contributed by atoms with Crippen LogP contribution in [-0.2, 0) is 0 Å². The Bertz CT molecular complexity index is 604. The van der Waals surface area contributed by atoms with Crippen molar-refractivity contribution in [3.05, 3.63) is 66.8 Å². The van der Waals surface area contributed by atoms with Crippen molar-refractivity contribution >= 4 is 47.8 Å². The molecule has 19 heavy (non-hydrogen) atoms. The van der Waals surface area contributed by atoms with Crippen molar-refractivity contribution in [1.82, 2.24) is 5.43 Å². The van der Waals surface area contributed by atoms with E-state index in [4.69, 9.17) is 5.84 Å². The first-order valence-electron chi connectivity index (χ1n) is 5.39. The minimum atomic E-state index is -0.431. The first-order valence-corrected chi connectivity index (χ1v) is 7.77. The van der Waals surface area contributed by atoms with Crippen LogP contribution >= 0.6 is 47.8 Å². The number of hydrogen-bond donors (Lipinski definition) is 2. The van der Waals surface area contributed by atoms with E-state index >= 15 is 0 Å².